The van der Waals surface area contributed by atoms with E-state index < -0.39 is 29.2 Å². The van der Waals surface area contributed by atoms with Crippen LogP contribution in [0.5, 0.6) is 0 Å². The molecular formula is C28H33ClFN7O5. The minimum absolute atomic E-state index is 0.108. The van der Waals surface area contributed by atoms with Gasteiger partial charge in [-0.15, -0.1) is 0 Å². The molecule has 42 heavy (non-hydrogen) atoms. The lowest BCUT2D eigenvalue weighted by Gasteiger charge is -2.38. The van der Waals surface area contributed by atoms with Crippen LogP contribution in [0.15, 0.2) is 46.9 Å². The molecule has 3 aliphatic rings. The monoisotopic (exact) mass is 601 g/mol. The number of ether oxygens (including phenoxy) is 1. The van der Waals surface area contributed by atoms with Crippen LogP contribution in [0, 0.1) is 11.2 Å². The Morgan fingerprint density at radius 3 is 2.67 bits per heavy atom. The number of nitrogens with one attached hydrogen (secondary N) is 1. The molecule has 0 bridgehead atoms. The van der Waals surface area contributed by atoms with Crippen molar-refractivity contribution in [1.82, 2.24) is 29.6 Å². The number of aliphatic carboxylic acids is 1. The number of amides is 2. The molecule has 5 rings (SSSR count). The summed E-state index contributed by atoms with van der Waals surface area (Å²) in [6.45, 7) is 5.48. The standard InChI is InChI=1S/C28H33ClFN7O5/c1-28(2,26(39)40)15-36-13-17-12-35(9-10-37(17)27(36)41)14-20-21(25(38)42-4)22(18-6-5-16(30)11-19(18)29)33-23(32-20)24-31-7-8-34(24)3/h5-8,11,17,22H,9-10,12-15H2,1-4H3,(H,32,33)(H,39,40)/t17-,22+/m0/s1. The Balaban J connectivity index is 1.45. The first-order valence-corrected chi connectivity index (χ1v) is 13.9. The van der Waals surface area contributed by atoms with Crippen LogP contribution in [0.25, 0.3) is 0 Å². The van der Waals surface area contributed by atoms with Gasteiger partial charge < -0.3 is 29.5 Å². The maximum absolute atomic E-state index is 14.0. The molecule has 0 aliphatic carbocycles. The number of aliphatic imine (C=N–C) groups is 1. The van der Waals surface area contributed by atoms with E-state index in [-0.39, 0.29) is 29.2 Å². The minimum Gasteiger partial charge on any atom is -0.481 e. The minimum atomic E-state index is -1.08. The summed E-state index contributed by atoms with van der Waals surface area (Å²) in [7, 11) is 3.10. The number of carboxylic acids is 1. The number of carboxylic acid groups (broad SMARTS) is 1. The molecule has 0 radical (unpaired) electrons. The van der Waals surface area contributed by atoms with Gasteiger partial charge in [0.15, 0.2) is 11.7 Å². The number of halogens is 2. The van der Waals surface area contributed by atoms with E-state index in [2.05, 4.69) is 15.2 Å². The highest BCUT2D eigenvalue weighted by molar-refractivity contribution is 6.31. The van der Waals surface area contributed by atoms with Crippen molar-refractivity contribution >= 4 is 35.4 Å². The van der Waals surface area contributed by atoms with Gasteiger partial charge in [-0.05, 0) is 26.0 Å². The van der Waals surface area contributed by atoms with Crippen molar-refractivity contribution in [2.45, 2.75) is 25.9 Å². The van der Waals surface area contributed by atoms with Crippen molar-refractivity contribution in [3.8, 4) is 0 Å². The molecule has 12 nitrogen and oxygen atoms in total. The molecule has 3 aliphatic heterocycles. The predicted molar refractivity (Wildman–Crippen MR) is 151 cm³/mol. The van der Waals surface area contributed by atoms with Crippen molar-refractivity contribution in [3.05, 3.63) is 64.1 Å². The quantitative estimate of drug-likeness (QED) is 0.441. The molecule has 224 valence electrons. The molecule has 2 amide bonds. The summed E-state index contributed by atoms with van der Waals surface area (Å²) < 4.78 is 20.9. The fraction of sp³-hybridized carbons (Fsp3) is 0.464. The third-order valence-electron chi connectivity index (χ3n) is 7.88. The number of hydrogen-bond acceptors (Lipinski definition) is 8. The normalized spacial score (nSPS) is 21.3. The number of imidazole rings is 1. The van der Waals surface area contributed by atoms with Crippen molar-refractivity contribution in [2.24, 2.45) is 17.5 Å². The number of amidine groups is 1. The SMILES string of the molecule is COC(=O)C1=C(CN2CCN3C(=O)N(CC(C)(C)C(=O)O)C[C@@H]3C2)NC(c2nccn2C)=N[C@@H]1c1ccc(F)cc1Cl. The lowest BCUT2D eigenvalue weighted by Crippen LogP contribution is -2.53. The van der Waals surface area contributed by atoms with E-state index in [0.29, 0.717) is 55.6 Å². The van der Waals surface area contributed by atoms with Crippen LogP contribution >= 0.6 is 11.6 Å². The molecule has 2 aromatic rings. The number of nitrogens with zero attached hydrogens (tertiary/aromatic N) is 6. The first-order valence-electron chi connectivity index (χ1n) is 13.5. The van der Waals surface area contributed by atoms with Gasteiger partial charge in [0.2, 0.25) is 0 Å². The molecule has 0 unspecified atom stereocenters. The number of methoxy groups -OCH3 is 1. The summed E-state index contributed by atoms with van der Waals surface area (Å²) in [5.74, 6) is -1.15. The molecule has 2 atom stereocenters. The molecule has 4 heterocycles. The third kappa shape index (κ3) is 5.58. The first kappa shape index (κ1) is 29.5. The number of aryl methyl sites for hydroxylation is 1. The van der Waals surface area contributed by atoms with E-state index >= 15 is 0 Å². The van der Waals surface area contributed by atoms with E-state index in [1.54, 1.807) is 40.6 Å². The molecule has 0 saturated carbocycles. The number of benzene rings is 1. The first-order chi connectivity index (χ1) is 19.9. The van der Waals surface area contributed by atoms with Gasteiger partial charge in [0, 0.05) is 75.0 Å². The summed E-state index contributed by atoms with van der Waals surface area (Å²) >= 11 is 6.46. The van der Waals surface area contributed by atoms with Crippen molar-refractivity contribution < 1.29 is 28.6 Å². The van der Waals surface area contributed by atoms with Crippen LogP contribution in [-0.2, 0) is 21.4 Å². The molecule has 2 saturated heterocycles. The zero-order chi connectivity index (χ0) is 30.3. The fourth-order valence-electron chi connectivity index (χ4n) is 5.61. The van der Waals surface area contributed by atoms with E-state index in [4.69, 9.17) is 21.3 Å². The summed E-state index contributed by atoms with van der Waals surface area (Å²) in [6, 6.07) is 2.74. The number of carbonyl (C=O) groups is 3. The second kappa shape index (κ2) is 11.4. The van der Waals surface area contributed by atoms with E-state index in [1.165, 1.54) is 25.3 Å². The van der Waals surface area contributed by atoms with Gasteiger partial charge in [0.05, 0.1) is 24.1 Å². The zero-order valence-corrected chi connectivity index (χ0v) is 24.6. The highest BCUT2D eigenvalue weighted by Gasteiger charge is 2.44. The van der Waals surface area contributed by atoms with E-state index in [0.717, 1.165) is 0 Å². The molecule has 2 fully saturated rings. The Labute approximate surface area is 247 Å². The average Bonchev–Trinajstić information content (AvgIpc) is 3.49. The Morgan fingerprint density at radius 1 is 1.26 bits per heavy atom. The van der Waals surface area contributed by atoms with Gasteiger partial charge >= 0.3 is 18.0 Å². The number of urea groups is 1. The largest absolute Gasteiger partial charge is 0.481 e. The molecular weight excluding hydrogens is 569 g/mol. The van der Waals surface area contributed by atoms with Crippen LogP contribution in [0.1, 0.15) is 31.3 Å². The summed E-state index contributed by atoms with van der Waals surface area (Å²) in [5.41, 5.74) is 0.126. The fourth-order valence-corrected chi connectivity index (χ4v) is 5.88. The Kier molecular flexibility index (Phi) is 7.99. The number of aromatic nitrogens is 2. The van der Waals surface area contributed by atoms with Crippen molar-refractivity contribution in [2.75, 3.05) is 46.4 Å². The average molecular weight is 602 g/mol. The number of hydrogen-bond donors (Lipinski definition) is 2. The highest BCUT2D eigenvalue weighted by Crippen LogP contribution is 2.37. The summed E-state index contributed by atoms with van der Waals surface area (Å²) in [4.78, 5) is 52.7. The van der Waals surface area contributed by atoms with E-state index in [9.17, 15) is 23.9 Å². The zero-order valence-electron chi connectivity index (χ0n) is 23.8. The second-order valence-corrected chi connectivity index (χ2v) is 11.8. The summed E-state index contributed by atoms with van der Waals surface area (Å²) in [5, 5.41) is 13.0. The van der Waals surface area contributed by atoms with Gasteiger partial charge in [-0.1, -0.05) is 17.7 Å². The number of piperazine rings is 1. The van der Waals surface area contributed by atoms with Crippen LogP contribution < -0.4 is 5.32 Å². The van der Waals surface area contributed by atoms with Crippen LogP contribution in [0.3, 0.4) is 0 Å². The molecule has 14 heteroatoms. The van der Waals surface area contributed by atoms with Gasteiger partial charge in [-0.25, -0.2) is 19.0 Å². The lowest BCUT2D eigenvalue weighted by atomic mass is 9.93. The lowest BCUT2D eigenvalue weighted by molar-refractivity contribution is -0.147. The second-order valence-electron chi connectivity index (χ2n) is 11.4. The Bertz CT molecular complexity index is 1490. The Hall–Kier alpha value is -3.97. The maximum atomic E-state index is 14.0. The van der Waals surface area contributed by atoms with E-state index in [1.807, 2.05) is 7.05 Å². The smallest absolute Gasteiger partial charge is 0.338 e. The topological polar surface area (TPSA) is 133 Å². The maximum Gasteiger partial charge on any atom is 0.338 e. The highest BCUT2D eigenvalue weighted by atomic mass is 35.5. The van der Waals surface area contributed by atoms with Crippen molar-refractivity contribution in [3.63, 3.8) is 0 Å². The molecule has 1 aromatic heterocycles. The molecule has 2 N–H and O–H groups in total. The molecule has 0 spiro atoms. The van der Waals surface area contributed by atoms with Crippen LogP contribution in [-0.4, -0.2) is 106 Å². The van der Waals surface area contributed by atoms with Gasteiger partial charge in [0.1, 0.15) is 11.9 Å². The predicted octanol–water partition coefficient (Wildman–Crippen LogP) is 2.26. The van der Waals surface area contributed by atoms with Crippen LogP contribution in [0.2, 0.25) is 5.02 Å². The van der Waals surface area contributed by atoms with Gasteiger partial charge in [-0.3, -0.25) is 14.7 Å². The van der Waals surface area contributed by atoms with Gasteiger partial charge in [0.25, 0.3) is 0 Å². The number of carbonyl (C=O) groups excluding carboxylic acids is 2. The number of fused-ring (bicyclic) bond motifs is 1. The summed E-state index contributed by atoms with van der Waals surface area (Å²) in [6.07, 6.45) is 3.40. The molecule has 1 aromatic carbocycles. The number of esters is 1. The Morgan fingerprint density at radius 2 is 2.02 bits per heavy atom. The number of rotatable bonds is 8. The van der Waals surface area contributed by atoms with Crippen molar-refractivity contribution in [1.29, 1.82) is 0 Å². The van der Waals surface area contributed by atoms with Crippen LogP contribution in [0.4, 0.5) is 9.18 Å². The third-order valence-corrected chi connectivity index (χ3v) is 8.21. The van der Waals surface area contributed by atoms with Gasteiger partial charge in [-0.2, -0.15) is 0 Å².